The molecule has 1 aliphatic carbocycles. The van der Waals surface area contributed by atoms with Crippen molar-refractivity contribution in [3.63, 3.8) is 0 Å². The topological polar surface area (TPSA) is 57.0 Å². The molecule has 0 N–H and O–H groups in total. The molecule has 134 valence electrons. The number of hydrogen-bond donors (Lipinski definition) is 0. The number of hydrogen-bond acceptors (Lipinski definition) is 4. The molecule has 1 aromatic heterocycles. The van der Waals surface area contributed by atoms with Gasteiger partial charge in [0, 0.05) is 0 Å². The highest BCUT2D eigenvalue weighted by molar-refractivity contribution is 5.69. The fourth-order valence-electron chi connectivity index (χ4n) is 3.48. The molecule has 25 heavy (non-hydrogen) atoms. The van der Waals surface area contributed by atoms with E-state index in [-0.39, 0.29) is 24.0 Å². The molecule has 0 bridgehead atoms. The molecule has 1 aliphatic rings. The lowest BCUT2D eigenvalue weighted by Gasteiger charge is -2.29. The van der Waals surface area contributed by atoms with Gasteiger partial charge in [0.2, 0.25) is 0 Å². The van der Waals surface area contributed by atoms with Crippen LogP contribution in [0.4, 0.5) is 0 Å². The van der Waals surface area contributed by atoms with Crippen LogP contribution in [0.1, 0.15) is 63.5 Å². The first-order valence-corrected chi connectivity index (χ1v) is 9.04. The first kappa shape index (κ1) is 17.6. The second-order valence-corrected chi connectivity index (χ2v) is 7.94. The maximum atomic E-state index is 12.1. The van der Waals surface area contributed by atoms with Gasteiger partial charge in [0.25, 0.3) is 0 Å². The lowest BCUT2D eigenvalue weighted by Crippen LogP contribution is -2.26. The van der Waals surface area contributed by atoms with Crippen molar-refractivity contribution in [1.29, 1.82) is 0 Å². The van der Waals surface area contributed by atoms with Gasteiger partial charge in [-0.1, -0.05) is 45.0 Å². The van der Waals surface area contributed by atoms with Gasteiger partial charge in [0.15, 0.2) is 0 Å². The number of rotatable bonds is 4. The second kappa shape index (κ2) is 7.38. The van der Waals surface area contributed by atoms with Crippen LogP contribution in [0.25, 0.3) is 0 Å². The van der Waals surface area contributed by atoms with Gasteiger partial charge in [-0.15, -0.1) is 0 Å². The molecule has 2 unspecified atom stereocenters. The van der Waals surface area contributed by atoms with E-state index in [1.807, 2.05) is 0 Å². The molecule has 0 saturated heterocycles. The van der Waals surface area contributed by atoms with Gasteiger partial charge in [-0.25, -0.2) is 9.67 Å². The molecule has 1 saturated carbocycles. The Kier molecular flexibility index (Phi) is 5.21. The third-order valence-corrected chi connectivity index (χ3v) is 4.93. The number of carbonyl (C=O) groups is 1. The molecule has 3 rings (SSSR count). The quantitative estimate of drug-likeness (QED) is 0.793. The van der Waals surface area contributed by atoms with Gasteiger partial charge in [-0.3, -0.25) is 4.79 Å². The number of carbonyl (C=O) groups excluding carboxylic acids is 1. The predicted octanol–water partition coefficient (Wildman–Crippen LogP) is 3.85. The first-order chi connectivity index (χ1) is 11.9. The molecule has 0 radical (unpaired) electrons. The van der Waals surface area contributed by atoms with E-state index in [0.29, 0.717) is 5.92 Å². The lowest BCUT2D eigenvalue weighted by molar-refractivity contribution is -0.151. The van der Waals surface area contributed by atoms with Crippen LogP contribution < -0.4 is 0 Å². The van der Waals surface area contributed by atoms with Crippen LogP contribution in [0.3, 0.4) is 0 Å². The number of benzene rings is 1. The van der Waals surface area contributed by atoms with E-state index in [2.05, 4.69) is 55.1 Å². The highest BCUT2D eigenvalue weighted by Gasteiger charge is 2.26. The molecule has 1 aromatic carbocycles. The average Bonchev–Trinajstić information content (AvgIpc) is 3.07. The summed E-state index contributed by atoms with van der Waals surface area (Å²) >= 11 is 0. The fraction of sp³-hybridized carbons (Fsp3) is 0.550. The standard InChI is InChI=1S/C20H27N3O2/c1-20(2,3)17-9-7-15(8-10-17)16-5-4-6-18(11-16)25-19(24)12-23-14-21-13-22-23/h7-10,13-14,16,18H,4-6,11-12H2,1-3H3. The summed E-state index contributed by atoms with van der Waals surface area (Å²) in [5.41, 5.74) is 2.87. The molecule has 5 heteroatoms. The number of nitrogens with zero attached hydrogens (tertiary/aromatic N) is 3. The van der Waals surface area contributed by atoms with Crippen LogP contribution in [0.15, 0.2) is 36.9 Å². The van der Waals surface area contributed by atoms with Crippen molar-refractivity contribution in [3.05, 3.63) is 48.0 Å². The van der Waals surface area contributed by atoms with Crippen molar-refractivity contribution in [1.82, 2.24) is 14.8 Å². The number of esters is 1. The largest absolute Gasteiger partial charge is 0.461 e. The van der Waals surface area contributed by atoms with Crippen molar-refractivity contribution in [2.45, 2.75) is 70.4 Å². The van der Waals surface area contributed by atoms with E-state index < -0.39 is 0 Å². The minimum Gasteiger partial charge on any atom is -0.461 e. The molecular formula is C20H27N3O2. The Morgan fingerprint density at radius 1 is 1.24 bits per heavy atom. The molecule has 0 amide bonds. The van der Waals surface area contributed by atoms with Crippen molar-refractivity contribution in [2.24, 2.45) is 0 Å². The van der Waals surface area contributed by atoms with Crippen molar-refractivity contribution >= 4 is 5.97 Å². The van der Waals surface area contributed by atoms with Gasteiger partial charge < -0.3 is 4.74 Å². The van der Waals surface area contributed by atoms with Gasteiger partial charge in [0.05, 0.1) is 0 Å². The van der Waals surface area contributed by atoms with Gasteiger partial charge in [0.1, 0.15) is 25.3 Å². The Hall–Kier alpha value is -2.17. The van der Waals surface area contributed by atoms with E-state index >= 15 is 0 Å². The van der Waals surface area contributed by atoms with E-state index in [1.54, 1.807) is 0 Å². The maximum Gasteiger partial charge on any atom is 0.328 e. The van der Waals surface area contributed by atoms with Crippen molar-refractivity contribution in [3.8, 4) is 0 Å². The Bertz CT molecular complexity index is 687. The zero-order valence-electron chi connectivity index (χ0n) is 15.3. The third kappa shape index (κ3) is 4.68. The minimum atomic E-state index is -0.237. The molecule has 5 nitrogen and oxygen atoms in total. The molecule has 2 atom stereocenters. The summed E-state index contributed by atoms with van der Waals surface area (Å²) in [6.07, 6.45) is 7.04. The van der Waals surface area contributed by atoms with Crippen LogP contribution in [0.5, 0.6) is 0 Å². The average molecular weight is 341 g/mol. The van der Waals surface area contributed by atoms with Crippen LogP contribution in [-0.4, -0.2) is 26.8 Å². The monoisotopic (exact) mass is 341 g/mol. The number of ether oxygens (including phenoxy) is 1. The minimum absolute atomic E-state index is 0.00272. The molecule has 1 fully saturated rings. The summed E-state index contributed by atoms with van der Waals surface area (Å²) in [7, 11) is 0. The van der Waals surface area contributed by atoms with Crippen LogP contribution in [0.2, 0.25) is 0 Å². The fourth-order valence-corrected chi connectivity index (χ4v) is 3.48. The van der Waals surface area contributed by atoms with Gasteiger partial charge in [-0.05, 0) is 48.1 Å². The van der Waals surface area contributed by atoms with Crippen LogP contribution in [0, 0.1) is 0 Å². The maximum absolute atomic E-state index is 12.1. The molecule has 1 heterocycles. The predicted molar refractivity (Wildman–Crippen MR) is 96.3 cm³/mol. The number of aromatic nitrogens is 3. The van der Waals surface area contributed by atoms with E-state index in [0.717, 1.165) is 25.7 Å². The first-order valence-electron chi connectivity index (χ1n) is 9.04. The lowest BCUT2D eigenvalue weighted by atomic mass is 9.80. The Morgan fingerprint density at radius 3 is 2.64 bits per heavy atom. The zero-order valence-corrected chi connectivity index (χ0v) is 15.3. The van der Waals surface area contributed by atoms with Crippen molar-refractivity contribution < 1.29 is 9.53 Å². The summed E-state index contributed by atoms with van der Waals surface area (Å²) < 4.78 is 7.16. The Morgan fingerprint density at radius 2 is 2.00 bits per heavy atom. The summed E-state index contributed by atoms with van der Waals surface area (Å²) in [6.45, 7) is 6.81. The van der Waals surface area contributed by atoms with Crippen LogP contribution in [-0.2, 0) is 21.5 Å². The molecule has 0 spiro atoms. The summed E-state index contributed by atoms with van der Waals surface area (Å²) in [5.74, 6) is 0.228. The highest BCUT2D eigenvalue weighted by atomic mass is 16.5. The summed E-state index contributed by atoms with van der Waals surface area (Å²) in [4.78, 5) is 15.9. The third-order valence-electron chi connectivity index (χ3n) is 4.93. The van der Waals surface area contributed by atoms with E-state index in [4.69, 9.17) is 4.74 Å². The molecule has 0 aliphatic heterocycles. The smallest absolute Gasteiger partial charge is 0.328 e. The summed E-state index contributed by atoms with van der Waals surface area (Å²) in [5, 5.41) is 3.94. The molecular weight excluding hydrogens is 314 g/mol. The zero-order chi connectivity index (χ0) is 17.9. The van der Waals surface area contributed by atoms with Gasteiger partial charge >= 0.3 is 5.97 Å². The SMILES string of the molecule is CC(C)(C)c1ccc(C2CCCC(OC(=O)Cn3cncn3)C2)cc1. The van der Waals surface area contributed by atoms with Crippen LogP contribution >= 0.6 is 0 Å². The Labute approximate surface area is 149 Å². The van der Waals surface area contributed by atoms with E-state index in [1.165, 1.54) is 28.5 Å². The van der Waals surface area contributed by atoms with E-state index in [9.17, 15) is 4.79 Å². The van der Waals surface area contributed by atoms with Crippen molar-refractivity contribution in [2.75, 3.05) is 0 Å². The van der Waals surface area contributed by atoms with Gasteiger partial charge in [-0.2, -0.15) is 5.10 Å². The highest BCUT2D eigenvalue weighted by Crippen LogP contribution is 2.35. The Balaban J connectivity index is 1.58. The second-order valence-electron chi connectivity index (χ2n) is 7.94. The molecule has 2 aromatic rings. The normalized spacial score (nSPS) is 21.1. The summed E-state index contributed by atoms with van der Waals surface area (Å²) in [6, 6.07) is 8.95.